The first kappa shape index (κ1) is 18.3. The Bertz CT molecular complexity index is 940. The van der Waals surface area contributed by atoms with E-state index >= 15 is 0 Å². The van der Waals surface area contributed by atoms with Crippen molar-refractivity contribution in [3.8, 4) is 11.1 Å². The van der Waals surface area contributed by atoms with Gasteiger partial charge in [0.15, 0.2) is 0 Å². The second kappa shape index (κ2) is 8.26. The van der Waals surface area contributed by atoms with Crippen LogP contribution in [0.1, 0.15) is 50.4 Å². The standard InChI is InChI=1S/C15H13N3O.C7H14/c1-9-5-3-4-6-12(9)13-7-11-8-16-10(2)17-14(11)18-15(13)19;1-7-5-3-2-4-6-7/h3-8H,1-2H3,(H,16,17,18,19);7H,2-6H2,1H3. The number of aromatic nitrogens is 3. The monoisotopic (exact) mass is 349 g/mol. The van der Waals surface area contributed by atoms with Crippen molar-refractivity contribution < 1.29 is 0 Å². The normalized spacial score (nSPS) is 14.7. The lowest BCUT2D eigenvalue weighted by atomic mass is 9.91. The third-order valence-corrected chi connectivity index (χ3v) is 5.04. The van der Waals surface area contributed by atoms with Gasteiger partial charge in [0.25, 0.3) is 5.56 Å². The lowest BCUT2D eigenvalue weighted by Crippen LogP contribution is -2.10. The highest BCUT2D eigenvalue weighted by molar-refractivity contribution is 5.80. The van der Waals surface area contributed by atoms with Crippen LogP contribution in [0.3, 0.4) is 0 Å². The van der Waals surface area contributed by atoms with E-state index in [1.165, 1.54) is 32.1 Å². The maximum Gasteiger partial charge on any atom is 0.257 e. The van der Waals surface area contributed by atoms with E-state index in [9.17, 15) is 4.79 Å². The van der Waals surface area contributed by atoms with Crippen molar-refractivity contribution in [2.45, 2.75) is 52.9 Å². The van der Waals surface area contributed by atoms with Gasteiger partial charge in [0.1, 0.15) is 11.5 Å². The number of aromatic amines is 1. The average Bonchev–Trinajstić information content (AvgIpc) is 2.63. The maximum atomic E-state index is 12.2. The van der Waals surface area contributed by atoms with Crippen molar-refractivity contribution in [1.29, 1.82) is 0 Å². The lowest BCUT2D eigenvalue weighted by molar-refractivity contribution is 0.385. The number of pyridine rings is 1. The molecule has 4 rings (SSSR count). The number of nitrogens with one attached hydrogen (secondary N) is 1. The van der Waals surface area contributed by atoms with Crippen LogP contribution in [0.5, 0.6) is 0 Å². The molecule has 1 fully saturated rings. The molecule has 1 aliphatic rings. The molecule has 3 aromatic rings. The van der Waals surface area contributed by atoms with Crippen molar-refractivity contribution >= 4 is 11.0 Å². The van der Waals surface area contributed by atoms with Gasteiger partial charge in [-0.3, -0.25) is 4.79 Å². The molecule has 0 atom stereocenters. The van der Waals surface area contributed by atoms with E-state index in [1.807, 2.05) is 37.3 Å². The number of hydrogen-bond donors (Lipinski definition) is 1. The molecule has 0 spiro atoms. The number of H-pyrrole nitrogens is 1. The molecule has 2 aromatic heterocycles. The highest BCUT2D eigenvalue weighted by atomic mass is 16.1. The summed E-state index contributed by atoms with van der Waals surface area (Å²) < 4.78 is 0. The Morgan fingerprint density at radius 2 is 1.77 bits per heavy atom. The van der Waals surface area contributed by atoms with Crippen LogP contribution in [0, 0.1) is 19.8 Å². The largest absolute Gasteiger partial charge is 0.306 e. The van der Waals surface area contributed by atoms with Crippen LogP contribution in [-0.2, 0) is 0 Å². The van der Waals surface area contributed by atoms with Crippen LogP contribution >= 0.6 is 0 Å². The Morgan fingerprint density at radius 3 is 2.42 bits per heavy atom. The van der Waals surface area contributed by atoms with Crippen LogP contribution in [0.2, 0.25) is 0 Å². The zero-order valence-corrected chi connectivity index (χ0v) is 15.9. The second-order valence-corrected chi connectivity index (χ2v) is 7.29. The van der Waals surface area contributed by atoms with E-state index in [2.05, 4.69) is 21.9 Å². The topological polar surface area (TPSA) is 58.6 Å². The Hall–Kier alpha value is -2.49. The molecule has 1 aliphatic carbocycles. The second-order valence-electron chi connectivity index (χ2n) is 7.29. The van der Waals surface area contributed by atoms with Gasteiger partial charge in [-0.05, 0) is 37.0 Å². The molecule has 2 heterocycles. The lowest BCUT2D eigenvalue weighted by Gasteiger charge is -2.15. The third kappa shape index (κ3) is 4.37. The van der Waals surface area contributed by atoms with Gasteiger partial charge in [-0.2, -0.15) is 0 Å². The van der Waals surface area contributed by atoms with E-state index in [4.69, 9.17) is 0 Å². The van der Waals surface area contributed by atoms with Crippen LogP contribution < -0.4 is 5.56 Å². The summed E-state index contributed by atoms with van der Waals surface area (Å²) in [7, 11) is 0. The first-order valence-corrected chi connectivity index (χ1v) is 9.47. The van der Waals surface area contributed by atoms with Crippen molar-refractivity contribution in [2.75, 3.05) is 0 Å². The molecule has 0 saturated heterocycles. The molecule has 4 nitrogen and oxygen atoms in total. The van der Waals surface area contributed by atoms with Gasteiger partial charge in [-0.1, -0.05) is 63.3 Å². The SMILES string of the molecule is CC1CCCCC1.Cc1ncc2cc(-c3ccccc3C)c(=O)[nH]c2n1. The fraction of sp³-hybridized carbons (Fsp3) is 0.409. The molecule has 1 N–H and O–H groups in total. The number of hydrogen-bond acceptors (Lipinski definition) is 3. The summed E-state index contributed by atoms with van der Waals surface area (Å²) in [5, 5.41) is 0.837. The minimum absolute atomic E-state index is 0.125. The van der Waals surface area contributed by atoms with Crippen molar-refractivity contribution in [3.63, 3.8) is 0 Å². The van der Waals surface area contributed by atoms with Crippen LogP contribution in [0.4, 0.5) is 0 Å². The molecule has 0 aliphatic heterocycles. The first-order valence-electron chi connectivity index (χ1n) is 9.47. The summed E-state index contributed by atoms with van der Waals surface area (Å²) in [4.78, 5) is 23.4. The quantitative estimate of drug-likeness (QED) is 0.658. The smallest absolute Gasteiger partial charge is 0.257 e. The molecule has 4 heteroatoms. The molecule has 26 heavy (non-hydrogen) atoms. The highest BCUT2D eigenvalue weighted by Gasteiger charge is 2.08. The van der Waals surface area contributed by atoms with E-state index in [0.29, 0.717) is 17.0 Å². The molecule has 0 amide bonds. The van der Waals surface area contributed by atoms with Gasteiger partial charge in [-0.15, -0.1) is 0 Å². The number of fused-ring (bicyclic) bond motifs is 1. The average molecular weight is 349 g/mol. The fourth-order valence-electron chi connectivity index (χ4n) is 3.46. The number of benzene rings is 1. The minimum atomic E-state index is -0.125. The predicted molar refractivity (Wildman–Crippen MR) is 107 cm³/mol. The molecule has 1 aromatic carbocycles. The summed E-state index contributed by atoms with van der Waals surface area (Å²) in [5.41, 5.74) is 3.11. The maximum absolute atomic E-state index is 12.2. The molecule has 0 radical (unpaired) electrons. The number of nitrogens with zero attached hydrogens (tertiary/aromatic N) is 2. The summed E-state index contributed by atoms with van der Waals surface area (Å²) >= 11 is 0. The summed E-state index contributed by atoms with van der Waals surface area (Å²) in [6, 6.07) is 9.67. The van der Waals surface area contributed by atoms with E-state index in [-0.39, 0.29) is 5.56 Å². The summed E-state index contributed by atoms with van der Waals surface area (Å²) in [5.74, 6) is 1.68. The molecular formula is C22H27N3O. The Balaban J connectivity index is 0.000000236. The van der Waals surface area contributed by atoms with Gasteiger partial charge in [0.05, 0.1) is 0 Å². The number of rotatable bonds is 1. The zero-order chi connectivity index (χ0) is 18.5. The van der Waals surface area contributed by atoms with Crippen molar-refractivity contribution in [1.82, 2.24) is 15.0 Å². The molecule has 0 bridgehead atoms. The van der Waals surface area contributed by atoms with E-state index in [0.717, 1.165) is 22.4 Å². The first-order chi connectivity index (χ1) is 12.5. The Labute approximate surface area is 154 Å². The molecule has 136 valence electrons. The zero-order valence-electron chi connectivity index (χ0n) is 15.9. The fourth-order valence-corrected chi connectivity index (χ4v) is 3.46. The Kier molecular flexibility index (Phi) is 5.82. The van der Waals surface area contributed by atoms with Crippen LogP contribution in [0.15, 0.2) is 41.3 Å². The highest BCUT2D eigenvalue weighted by Crippen LogP contribution is 2.22. The van der Waals surface area contributed by atoms with Crippen molar-refractivity contribution in [3.05, 3.63) is 58.3 Å². The third-order valence-electron chi connectivity index (χ3n) is 5.04. The van der Waals surface area contributed by atoms with E-state index < -0.39 is 0 Å². The molecule has 0 unspecified atom stereocenters. The molecular weight excluding hydrogens is 322 g/mol. The van der Waals surface area contributed by atoms with Gasteiger partial charge >= 0.3 is 0 Å². The van der Waals surface area contributed by atoms with Gasteiger partial charge < -0.3 is 4.98 Å². The van der Waals surface area contributed by atoms with Crippen LogP contribution in [-0.4, -0.2) is 15.0 Å². The van der Waals surface area contributed by atoms with Crippen LogP contribution in [0.25, 0.3) is 22.2 Å². The van der Waals surface area contributed by atoms with Gasteiger partial charge in [0.2, 0.25) is 0 Å². The minimum Gasteiger partial charge on any atom is -0.306 e. The Morgan fingerprint density at radius 1 is 1.04 bits per heavy atom. The molecule has 1 saturated carbocycles. The van der Waals surface area contributed by atoms with E-state index in [1.54, 1.807) is 13.1 Å². The summed E-state index contributed by atoms with van der Waals surface area (Å²) in [6.45, 7) is 6.15. The van der Waals surface area contributed by atoms with Gasteiger partial charge in [0, 0.05) is 17.1 Å². The van der Waals surface area contributed by atoms with Gasteiger partial charge in [-0.25, -0.2) is 9.97 Å². The summed E-state index contributed by atoms with van der Waals surface area (Å²) in [6.07, 6.45) is 9.17. The predicted octanol–water partition coefficient (Wildman–Crippen LogP) is 5.19. The van der Waals surface area contributed by atoms with Crippen molar-refractivity contribution in [2.24, 2.45) is 5.92 Å². The number of aryl methyl sites for hydroxylation is 2.